The molecule has 7 heteroatoms. The fourth-order valence-electron chi connectivity index (χ4n) is 1.92. The van der Waals surface area contributed by atoms with Crippen molar-refractivity contribution < 1.29 is 9.72 Å². The van der Waals surface area contributed by atoms with Crippen LogP contribution in [-0.2, 0) is 0 Å². The number of carbonyl (C=O) groups excluding carboxylic acids is 1. The third kappa shape index (κ3) is 3.04. The number of hydrogen-bond acceptors (Lipinski definition) is 5. The summed E-state index contributed by atoms with van der Waals surface area (Å²) in [5.74, 6) is 0.192. The predicted octanol–water partition coefficient (Wildman–Crippen LogP) is 2.05. The molecule has 7 nitrogen and oxygen atoms in total. The summed E-state index contributed by atoms with van der Waals surface area (Å²) in [5.41, 5.74) is 0.0987. The van der Waals surface area contributed by atoms with Crippen molar-refractivity contribution in [3.63, 3.8) is 0 Å². The highest BCUT2D eigenvalue weighted by Crippen LogP contribution is 2.29. The summed E-state index contributed by atoms with van der Waals surface area (Å²) >= 11 is 0. The van der Waals surface area contributed by atoms with E-state index >= 15 is 0 Å². The molecule has 20 heavy (non-hydrogen) atoms. The van der Waals surface area contributed by atoms with Gasteiger partial charge in [-0.25, -0.2) is 4.98 Å². The highest BCUT2D eigenvalue weighted by atomic mass is 16.6. The van der Waals surface area contributed by atoms with Gasteiger partial charge in [0.2, 0.25) is 0 Å². The molecule has 1 aromatic rings. The zero-order valence-electron chi connectivity index (χ0n) is 11.6. The molecule has 0 unspecified atom stereocenters. The first-order valence-corrected chi connectivity index (χ1v) is 6.70. The Morgan fingerprint density at radius 2 is 2.30 bits per heavy atom. The van der Waals surface area contributed by atoms with Crippen molar-refractivity contribution in [3.05, 3.63) is 27.9 Å². The van der Waals surface area contributed by atoms with Crippen LogP contribution in [0.5, 0.6) is 0 Å². The van der Waals surface area contributed by atoms with Crippen LogP contribution < -0.4 is 5.32 Å². The summed E-state index contributed by atoms with van der Waals surface area (Å²) in [6, 6.07) is 1.55. The molecule has 1 saturated carbocycles. The molecule has 0 radical (unpaired) electrons. The predicted molar refractivity (Wildman–Crippen MR) is 74.8 cm³/mol. The molecule has 0 aromatic carbocycles. The quantitative estimate of drug-likeness (QED) is 0.635. The van der Waals surface area contributed by atoms with E-state index in [0.717, 1.165) is 19.3 Å². The molecular weight excluding hydrogens is 260 g/mol. The Labute approximate surface area is 117 Å². The molecule has 0 bridgehead atoms. The van der Waals surface area contributed by atoms with Crippen LogP contribution in [0.2, 0.25) is 0 Å². The lowest BCUT2D eigenvalue weighted by molar-refractivity contribution is -0.385. The highest BCUT2D eigenvalue weighted by Gasteiger charge is 2.32. The van der Waals surface area contributed by atoms with Gasteiger partial charge in [-0.1, -0.05) is 6.92 Å². The lowest BCUT2D eigenvalue weighted by atomic mass is 10.2. The van der Waals surface area contributed by atoms with Gasteiger partial charge in [-0.2, -0.15) is 0 Å². The van der Waals surface area contributed by atoms with Crippen LogP contribution in [0.1, 0.15) is 36.5 Å². The van der Waals surface area contributed by atoms with Gasteiger partial charge in [-0.05, 0) is 19.3 Å². The largest absolute Gasteiger partial charge is 0.369 e. The number of hydrogen-bond donors (Lipinski definition) is 1. The van der Waals surface area contributed by atoms with Gasteiger partial charge >= 0.3 is 0 Å². The fraction of sp³-hybridized carbons (Fsp3) is 0.538. The molecule has 1 heterocycles. The minimum absolute atomic E-state index is 0.167. The number of amides is 1. The smallest absolute Gasteiger partial charge is 0.288 e. The van der Waals surface area contributed by atoms with Crippen LogP contribution in [0.4, 0.5) is 11.5 Å². The number of rotatable bonds is 6. The van der Waals surface area contributed by atoms with E-state index in [1.165, 1.54) is 12.3 Å². The highest BCUT2D eigenvalue weighted by molar-refractivity contribution is 5.99. The standard InChI is InChI=1S/C13H18N4O3/c1-3-6-14-12-11(7-10(8-15-12)17(19)20)13(18)16(2)9-4-5-9/h7-9H,3-6H2,1-2H3,(H,14,15). The van der Waals surface area contributed by atoms with Crippen LogP contribution in [0, 0.1) is 10.1 Å². The summed E-state index contributed by atoms with van der Waals surface area (Å²) in [5, 5.41) is 13.9. The number of nitrogens with one attached hydrogen (secondary N) is 1. The molecular formula is C13H18N4O3. The van der Waals surface area contributed by atoms with Crippen molar-refractivity contribution in [1.29, 1.82) is 0 Å². The van der Waals surface area contributed by atoms with E-state index in [1.807, 2.05) is 6.92 Å². The third-order valence-electron chi connectivity index (χ3n) is 3.27. The van der Waals surface area contributed by atoms with E-state index in [-0.39, 0.29) is 23.2 Å². The van der Waals surface area contributed by atoms with Crippen molar-refractivity contribution in [2.24, 2.45) is 0 Å². The lowest BCUT2D eigenvalue weighted by Crippen LogP contribution is -2.29. The first kappa shape index (κ1) is 14.2. The van der Waals surface area contributed by atoms with E-state index in [2.05, 4.69) is 10.3 Å². The maximum atomic E-state index is 12.4. The Morgan fingerprint density at radius 3 is 2.85 bits per heavy atom. The summed E-state index contributed by atoms with van der Waals surface area (Å²) < 4.78 is 0. The van der Waals surface area contributed by atoms with E-state index in [0.29, 0.717) is 12.4 Å². The molecule has 1 fully saturated rings. The summed E-state index contributed by atoms with van der Waals surface area (Å²) in [7, 11) is 1.72. The van der Waals surface area contributed by atoms with Crippen LogP contribution >= 0.6 is 0 Å². The molecule has 0 atom stereocenters. The Balaban J connectivity index is 2.31. The molecule has 0 spiro atoms. The first-order valence-electron chi connectivity index (χ1n) is 6.70. The molecule has 0 saturated heterocycles. The van der Waals surface area contributed by atoms with Gasteiger partial charge in [0.05, 0.1) is 10.5 Å². The van der Waals surface area contributed by atoms with Gasteiger partial charge in [-0.3, -0.25) is 14.9 Å². The van der Waals surface area contributed by atoms with Crippen molar-refractivity contribution in [1.82, 2.24) is 9.88 Å². The normalized spacial score (nSPS) is 13.9. The van der Waals surface area contributed by atoms with Gasteiger partial charge in [0, 0.05) is 25.7 Å². The van der Waals surface area contributed by atoms with Gasteiger partial charge in [0.15, 0.2) is 0 Å². The molecule has 0 aliphatic heterocycles. The summed E-state index contributed by atoms with van der Waals surface area (Å²) in [6.45, 7) is 2.66. The maximum Gasteiger partial charge on any atom is 0.288 e. The molecule has 1 amide bonds. The molecule has 2 rings (SSSR count). The van der Waals surface area contributed by atoms with Gasteiger partial charge < -0.3 is 10.2 Å². The van der Waals surface area contributed by atoms with Gasteiger partial charge in [0.1, 0.15) is 12.0 Å². The molecule has 1 aliphatic carbocycles. The Kier molecular flexibility index (Phi) is 4.16. The van der Waals surface area contributed by atoms with Crippen molar-refractivity contribution in [2.75, 3.05) is 18.9 Å². The number of carbonyl (C=O) groups is 1. The third-order valence-corrected chi connectivity index (χ3v) is 3.27. The van der Waals surface area contributed by atoms with Crippen LogP contribution in [0.15, 0.2) is 12.3 Å². The minimum Gasteiger partial charge on any atom is -0.369 e. The minimum atomic E-state index is -0.537. The Bertz CT molecular complexity index is 528. The SMILES string of the molecule is CCCNc1ncc([N+](=O)[O-])cc1C(=O)N(C)C1CC1. The molecule has 108 valence electrons. The van der Waals surface area contributed by atoms with Crippen molar-refractivity contribution in [2.45, 2.75) is 32.2 Å². The van der Waals surface area contributed by atoms with E-state index in [9.17, 15) is 14.9 Å². The number of nitrogens with zero attached hydrogens (tertiary/aromatic N) is 3. The lowest BCUT2D eigenvalue weighted by Gasteiger charge is -2.18. The van der Waals surface area contributed by atoms with Crippen LogP contribution in [0.25, 0.3) is 0 Å². The van der Waals surface area contributed by atoms with Gasteiger partial charge in [0.25, 0.3) is 11.6 Å². The fourth-order valence-corrected chi connectivity index (χ4v) is 1.92. The van der Waals surface area contributed by atoms with Crippen molar-refractivity contribution >= 4 is 17.4 Å². The zero-order valence-corrected chi connectivity index (χ0v) is 11.6. The topological polar surface area (TPSA) is 88.4 Å². The monoisotopic (exact) mass is 278 g/mol. The second-order valence-electron chi connectivity index (χ2n) is 4.92. The Morgan fingerprint density at radius 1 is 1.60 bits per heavy atom. The second-order valence-corrected chi connectivity index (χ2v) is 4.92. The average Bonchev–Trinajstić information content (AvgIpc) is 3.27. The van der Waals surface area contributed by atoms with E-state index in [4.69, 9.17) is 0 Å². The van der Waals surface area contributed by atoms with Gasteiger partial charge in [-0.15, -0.1) is 0 Å². The number of nitro groups is 1. The number of pyridine rings is 1. The van der Waals surface area contributed by atoms with E-state index < -0.39 is 4.92 Å². The summed E-state index contributed by atoms with van der Waals surface area (Å²) in [4.78, 5) is 28.4. The second kappa shape index (κ2) is 5.85. The zero-order chi connectivity index (χ0) is 14.7. The summed E-state index contributed by atoms with van der Waals surface area (Å²) in [6.07, 6.45) is 4.03. The first-order chi connectivity index (χ1) is 9.54. The molecule has 1 aromatic heterocycles. The Hall–Kier alpha value is -2.18. The number of anilines is 1. The van der Waals surface area contributed by atoms with Crippen molar-refractivity contribution in [3.8, 4) is 0 Å². The molecule has 1 N–H and O–H groups in total. The molecule has 1 aliphatic rings. The van der Waals surface area contributed by atoms with E-state index in [1.54, 1.807) is 11.9 Å². The van der Waals surface area contributed by atoms with Crippen LogP contribution in [0.3, 0.4) is 0 Å². The number of aromatic nitrogens is 1. The average molecular weight is 278 g/mol. The van der Waals surface area contributed by atoms with Crippen LogP contribution in [-0.4, -0.2) is 40.3 Å². The maximum absolute atomic E-state index is 12.4.